The largest absolute Gasteiger partial charge is 0.489 e. The number of rotatable bonds is 5. The smallest absolute Gasteiger partial charge is 0.267 e. The summed E-state index contributed by atoms with van der Waals surface area (Å²) in [4.78, 5) is 29.4. The molecule has 5 rings (SSSR count). The molecule has 2 aliphatic rings. The molecular weight excluding hydrogens is 450 g/mol. The molecule has 0 saturated carbocycles. The summed E-state index contributed by atoms with van der Waals surface area (Å²) in [7, 11) is 0. The number of aryl methyl sites for hydroxylation is 2. The fourth-order valence-electron chi connectivity index (χ4n) is 4.21. The Labute approximate surface area is 203 Å². The van der Waals surface area contributed by atoms with Gasteiger partial charge in [-0.2, -0.15) is 0 Å². The van der Waals surface area contributed by atoms with Crippen molar-refractivity contribution in [3.63, 3.8) is 0 Å². The highest BCUT2D eigenvalue weighted by molar-refractivity contribution is 5.94. The molecule has 3 aromatic rings. The van der Waals surface area contributed by atoms with Crippen LogP contribution in [0, 0.1) is 13.8 Å². The zero-order chi connectivity index (χ0) is 24.4. The first-order valence-corrected chi connectivity index (χ1v) is 11.6. The van der Waals surface area contributed by atoms with Crippen LogP contribution in [-0.4, -0.2) is 65.7 Å². The van der Waals surface area contributed by atoms with Gasteiger partial charge < -0.3 is 28.5 Å². The highest BCUT2D eigenvalue weighted by Crippen LogP contribution is 2.31. The lowest BCUT2D eigenvalue weighted by Gasteiger charge is -2.37. The molecule has 35 heavy (non-hydrogen) atoms. The number of amides is 2. The number of carbonyl (C=O) groups excluding carboxylic acids is 2. The van der Waals surface area contributed by atoms with E-state index in [9.17, 15) is 9.59 Å². The predicted octanol–water partition coefficient (Wildman–Crippen LogP) is 2.99. The molecule has 182 valence electrons. The number of nitrogens with zero attached hydrogens (tertiary/aromatic N) is 3. The lowest BCUT2D eigenvalue weighted by atomic mass is 10.1. The summed E-state index contributed by atoms with van der Waals surface area (Å²) in [6, 6.07) is 14.4. The molecule has 1 saturated heterocycles. The Morgan fingerprint density at radius 1 is 0.971 bits per heavy atom. The monoisotopic (exact) mass is 477 g/mol. The average Bonchev–Trinajstić information content (AvgIpc) is 3.23. The van der Waals surface area contributed by atoms with Gasteiger partial charge in [-0.05, 0) is 50.2 Å². The minimum Gasteiger partial charge on any atom is -0.489 e. The molecule has 0 aliphatic carbocycles. The summed E-state index contributed by atoms with van der Waals surface area (Å²) < 4.78 is 22.5. The van der Waals surface area contributed by atoms with Gasteiger partial charge in [-0.1, -0.05) is 17.3 Å². The van der Waals surface area contributed by atoms with Gasteiger partial charge in [-0.25, -0.2) is 0 Å². The average molecular weight is 478 g/mol. The first-order chi connectivity index (χ1) is 17.0. The Bertz CT molecular complexity index is 1190. The number of hydrogen-bond donors (Lipinski definition) is 0. The molecule has 1 aromatic heterocycles. The van der Waals surface area contributed by atoms with Gasteiger partial charge in [0.25, 0.3) is 11.8 Å². The maximum Gasteiger partial charge on any atom is 0.267 e. The van der Waals surface area contributed by atoms with Crippen molar-refractivity contribution in [3.05, 3.63) is 71.1 Å². The molecule has 1 fully saturated rings. The minimum absolute atomic E-state index is 0.0689. The second-order valence-corrected chi connectivity index (χ2v) is 8.60. The summed E-state index contributed by atoms with van der Waals surface area (Å²) in [6.45, 7) is 6.07. The SMILES string of the molecule is Cc1noc(C)c1COc1ccc(C(=O)N2CCN(C(=O)[C@@H]3COc4ccccc4O3)CC2)cc1. The fraction of sp³-hybridized carbons (Fsp3) is 0.346. The van der Waals surface area contributed by atoms with E-state index in [1.807, 2.05) is 32.0 Å². The van der Waals surface area contributed by atoms with Gasteiger partial charge in [0.2, 0.25) is 6.10 Å². The first kappa shape index (κ1) is 22.8. The van der Waals surface area contributed by atoms with Crippen LogP contribution in [0.4, 0.5) is 0 Å². The second-order valence-electron chi connectivity index (χ2n) is 8.60. The zero-order valence-electron chi connectivity index (χ0n) is 19.7. The van der Waals surface area contributed by atoms with Crippen molar-refractivity contribution in [2.24, 2.45) is 0 Å². The van der Waals surface area contributed by atoms with E-state index in [0.29, 0.717) is 55.6 Å². The number of carbonyl (C=O) groups is 2. The third kappa shape index (κ3) is 4.80. The summed E-state index contributed by atoms with van der Waals surface area (Å²) >= 11 is 0. The Kier molecular flexibility index (Phi) is 6.31. The molecular formula is C26H27N3O6. The third-order valence-electron chi connectivity index (χ3n) is 6.33. The number of para-hydroxylation sites is 2. The highest BCUT2D eigenvalue weighted by Gasteiger charge is 2.33. The van der Waals surface area contributed by atoms with Crippen LogP contribution in [0.1, 0.15) is 27.4 Å². The van der Waals surface area contributed by atoms with Crippen LogP contribution in [0.5, 0.6) is 17.2 Å². The van der Waals surface area contributed by atoms with E-state index in [-0.39, 0.29) is 18.4 Å². The van der Waals surface area contributed by atoms with E-state index in [1.54, 1.807) is 40.1 Å². The van der Waals surface area contributed by atoms with Gasteiger partial charge in [-0.3, -0.25) is 9.59 Å². The molecule has 0 spiro atoms. The molecule has 0 bridgehead atoms. The first-order valence-electron chi connectivity index (χ1n) is 11.6. The third-order valence-corrected chi connectivity index (χ3v) is 6.33. The lowest BCUT2D eigenvalue weighted by molar-refractivity contribution is -0.142. The van der Waals surface area contributed by atoms with Crippen molar-refractivity contribution in [2.45, 2.75) is 26.6 Å². The van der Waals surface area contributed by atoms with Gasteiger partial charge in [-0.15, -0.1) is 0 Å². The van der Waals surface area contributed by atoms with E-state index in [2.05, 4.69) is 5.16 Å². The summed E-state index contributed by atoms with van der Waals surface area (Å²) in [5, 5.41) is 3.93. The highest BCUT2D eigenvalue weighted by atomic mass is 16.6. The van der Waals surface area contributed by atoms with E-state index in [4.69, 9.17) is 18.7 Å². The van der Waals surface area contributed by atoms with Crippen LogP contribution in [0.3, 0.4) is 0 Å². The Morgan fingerprint density at radius 2 is 1.66 bits per heavy atom. The van der Waals surface area contributed by atoms with E-state index < -0.39 is 6.10 Å². The zero-order valence-corrected chi connectivity index (χ0v) is 19.7. The number of ether oxygens (including phenoxy) is 3. The standard InChI is InChI=1S/C26H27N3O6/c1-17-21(18(2)35-27-17)15-32-20-9-7-19(8-10-20)25(30)28-11-13-29(14-12-28)26(31)24-16-33-22-5-3-4-6-23(22)34-24/h3-10,24H,11-16H2,1-2H3/t24-/m0/s1. The molecule has 2 aliphatic heterocycles. The molecule has 0 radical (unpaired) electrons. The topological polar surface area (TPSA) is 94.3 Å². The van der Waals surface area contributed by atoms with Gasteiger partial charge in [0.15, 0.2) is 11.5 Å². The molecule has 1 atom stereocenters. The number of piperazine rings is 1. The second kappa shape index (κ2) is 9.69. The number of hydrogen-bond acceptors (Lipinski definition) is 7. The van der Waals surface area contributed by atoms with Gasteiger partial charge >= 0.3 is 0 Å². The van der Waals surface area contributed by atoms with Crippen molar-refractivity contribution in [1.29, 1.82) is 0 Å². The van der Waals surface area contributed by atoms with Crippen LogP contribution >= 0.6 is 0 Å². The van der Waals surface area contributed by atoms with Crippen LogP contribution in [-0.2, 0) is 11.4 Å². The maximum atomic E-state index is 13.0. The van der Waals surface area contributed by atoms with E-state index in [0.717, 1.165) is 17.0 Å². The number of aromatic nitrogens is 1. The molecule has 0 N–H and O–H groups in total. The molecule has 9 nitrogen and oxygen atoms in total. The van der Waals surface area contributed by atoms with Crippen LogP contribution in [0.15, 0.2) is 53.1 Å². The quantitative estimate of drug-likeness (QED) is 0.558. The Hall–Kier alpha value is -4.01. The number of benzene rings is 2. The van der Waals surface area contributed by atoms with Crippen molar-refractivity contribution < 1.29 is 28.3 Å². The van der Waals surface area contributed by atoms with Crippen LogP contribution < -0.4 is 14.2 Å². The van der Waals surface area contributed by atoms with Gasteiger partial charge in [0, 0.05) is 31.7 Å². The van der Waals surface area contributed by atoms with Gasteiger partial charge in [0.1, 0.15) is 24.7 Å². The Balaban J connectivity index is 1.12. The summed E-state index contributed by atoms with van der Waals surface area (Å²) in [6.07, 6.45) is -0.676. The van der Waals surface area contributed by atoms with Crippen LogP contribution in [0.2, 0.25) is 0 Å². The molecule has 2 aromatic carbocycles. The fourth-order valence-corrected chi connectivity index (χ4v) is 4.21. The molecule has 0 unspecified atom stereocenters. The van der Waals surface area contributed by atoms with Crippen molar-refractivity contribution in [3.8, 4) is 17.2 Å². The van der Waals surface area contributed by atoms with E-state index >= 15 is 0 Å². The summed E-state index contributed by atoms with van der Waals surface area (Å²) in [5.74, 6) is 2.43. The van der Waals surface area contributed by atoms with E-state index in [1.165, 1.54) is 0 Å². The van der Waals surface area contributed by atoms with Crippen molar-refractivity contribution in [2.75, 3.05) is 32.8 Å². The van der Waals surface area contributed by atoms with Crippen molar-refractivity contribution >= 4 is 11.8 Å². The molecule has 2 amide bonds. The van der Waals surface area contributed by atoms with Crippen LogP contribution in [0.25, 0.3) is 0 Å². The Morgan fingerprint density at radius 3 is 2.34 bits per heavy atom. The molecule has 9 heteroatoms. The normalized spacial score (nSPS) is 17.3. The van der Waals surface area contributed by atoms with Crippen molar-refractivity contribution in [1.82, 2.24) is 15.0 Å². The van der Waals surface area contributed by atoms with Gasteiger partial charge in [0.05, 0.1) is 11.3 Å². The predicted molar refractivity (Wildman–Crippen MR) is 126 cm³/mol. The minimum atomic E-state index is -0.676. The molecule has 3 heterocycles. The number of fused-ring (bicyclic) bond motifs is 1. The summed E-state index contributed by atoms with van der Waals surface area (Å²) in [5.41, 5.74) is 2.31. The maximum absolute atomic E-state index is 13.0. The lowest BCUT2D eigenvalue weighted by Crippen LogP contribution is -2.55.